The molecule has 1 heterocycles. The van der Waals surface area contributed by atoms with E-state index in [0.29, 0.717) is 5.92 Å². The smallest absolute Gasteiger partial charge is 0.0579 e. The highest BCUT2D eigenvalue weighted by Gasteiger charge is 2.20. The first-order valence-corrected chi connectivity index (χ1v) is 7.76. The lowest BCUT2D eigenvalue weighted by Gasteiger charge is -2.23. The molecule has 2 heteroatoms. The van der Waals surface area contributed by atoms with Crippen molar-refractivity contribution in [2.45, 2.75) is 19.4 Å². The van der Waals surface area contributed by atoms with Gasteiger partial charge in [0.25, 0.3) is 0 Å². The third-order valence-electron chi connectivity index (χ3n) is 4.27. The van der Waals surface area contributed by atoms with Gasteiger partial charge in [0.2, 0.25) is 0 Å². The molecule has 0 saturated carbocycles. The number of aryl methyl sites for hydroxylation is 1. The van der Waals surface area contributed by atoms with Gasteiger partial charge in [-0.25, -0.2) is 0 Å². The first kappa shape index (κ1) is 14.3. The molecule has 1 N–H and O–H groups in total. The average Bonchev–Trinajstić information content (AvgIpc) is 3.04. The molecule has 1 saturated heterocycles. The summed E-state index contributed by atoms with van der Waals surface area (Å²) in [7, 11) is 0. The number of hydrogen-bond acceptors (Lipinski definition) is 2. The fourth-order valence-electron chi connectivity index (χ4n) is 2.99. The Bertz CT molecular complexity index is 561. The minimum Gasteiger partial charge on any atom is -0.381 e. The SMILES string of the molecule is Cc1ccccc1C(NCC1CCOC1)c1ccccc1. The van der Waals surface area contributed by atoms with Gasteiger partial charge in [0.15, 0.2) is 0 Å². The summed E-state index contributed by atoms with van der Waals surface area (Å²) in [5.41, 5.74) is 4.02. The fourth-order valence-corrected chi connectivity index (χ4v) is 2.99. The highest BCUT2D eigenvalue weighted by Crippen LogP contribution is 2.25. The van der Waals surface area contributed by atoms with Crippen molar-refractivity contribution in [2.24, 2.45) is 5.92 Å². The molecule has 110 valence electrons. The second kappa shape index (κ2) is 6.88. The van der Waals surface area contributed by atoms with Gasteiger partial charge in [-0.3, -0.25) is 0 Å². The van der Waals surface area contributed by atoms with Crippen molar-refractivity contribution in [1.82, 2.24) is 5.32 Å². The molecular weight excluding hydrogens is 258 g/mol. The van der Waals surface area contributed by atoms with E-state index in [1.165, 1.54) is 23.1 Å². The Hall–Kier alpha value is -1.64. The van der Waals surface area contributed by atoms with E-state index in [1.54, 1.807) is 0 Å². The standard InChI is InChI=1S/C19H23NO/c1-15-7-5-6-10-18(15)19(17-8-3-2-4-9-17)20-13-16-11-12-21-14-16/h2-10,16,19-20H,11-14H2,1H3. The van der Waals surface area contributed by atoms with Crippen LogP contribution in [-0.2, 0) is 4.74 Å². The van der Waals surface area contributed by atoms with Gasteiger partial charge in [0, 0.05) is 13.2 Å². The van der Waals surface area contributed by atoms with E-state index in [1.807, 2.05) is 0 Å². The predicted octanol–water partition coefficient (Wildman–Crippen LogP) is 3.71. The Labute approximate surface area is 127 Å². The van der Waals surface area contributed by atoms with Crippen LogP contribution in [0, 0.1) is 12.8 Å². The minimum atomic E-state index is 0.257. The van der Waals surface area contributed by atoms with E-state index in [2.05, 4.69) is 66.8 Å². The largest absolute Gasteiger partial charge is 0.381 e. The molecule has 0 bridgehead atoms. The zero-order chi connectivity index (χ0) is 14.5. The second-order valence-corrected chi connectivity index (χ2v) is 5.84. The molecule has 0 radical (unpaired) electrons. The summed E-state index contributed by atoms with van der Waals surface area (Å²) >= 11 is 0. The lowest BCUT2D eigenvalue weighted by Crippen LogP contribution is -2.29. The lowest BCUT2D eigenvalue weighted by molar-refractivity contribution is 0.185. The van der Waals surface area contributed by atoms with E-state index in [-0.39, 0.29) is 6.04 Å². The number of hydrogen-bond donors (Lipinski definition) is 1. The summed E-state index contributed by atoms with van der Waals surface area (Å²) in [6.45, 7) is 4.99. The highest BCUT2D eigenvalue weighted by molar-refractivity contribution is 5.36. The molecule has 1 fully saturated rings. The summed E-state index contributed by atoms with van der Waals surface area (Å²) in [6, 6.07) is 19.6. The molecule has 2 aromatic rings. The molecule has 2 aromatic carbocycles. The number of rotatable bonds is 5. The third kappa shape index (κ3) is 3.52. The molecule has 21 heavy (non-hydrogen) atoms. The van der Waals surface area contributed by atoms with Crippen LogP contribution >= 0.6 is 0 Å². The number of nitrogens with one attached hydrogen (secondary N) is 1. The van der Waals surface area contributed by atoms with Crippen LogP contribution in [0.3, 0.4) is 0 Å². The van der Waals surface area contributed by atoms with Gasteiger partial charge in [-0.2, -0.15) is 0 Å². The molecule has 2 nitrogen and oxygen atoms in total. The van der Waals surface area contributed by atoms with Gasteiger partial charge >= 0.3 is 0 Å². The number of ether oxygens (including phenoxy) is 1. The average molecular weight is 281 g/mol. The van der Waals surface area contributed by atoms with E-state index < -0.39 is 0 Å². The minimum absolute atomic E-state index is 0.257. The molecule has 2 unspecified atom stereocenters. The van der Waals surface area contributed by atoms with Crippen molar-refractivity contribution in [1.29, 1.82) is 0 Å². The zero-order valence-electron chi connectivity index (χ0n) is 12.6. The maximum atomic E-state index is 5.48. The summed E-state index contributed by atoms with van der Waals surface area (Å²) in [5, 5.41) is 3.76. The van der Waals surface area contributed by atoms with Crippen molar-refractivity contribution in [2.75, 3.05) is 19.8 Å². The van der Waals surface area contributed by atoms with Crippen molar-refractivity contribution < 1.29 is 4.74 Å². The Morgan fingerprint density at radius 1 is 1.10 bits per heavy atom. The summed E-state index contributed by atoms with van der Waals surface area (Å²) in [5.74, 6) is 0.639. The summed E-state index contributed by atoms with van der Waals surface area (Å²) in [4.78, 5) is 0. The van der Waals surface area contributed by atoms with Crippen LogP contribution in [0.5, 0.6) is 0 Å². The molecule has 1 aliphatic rings. The van der Waals surface area contributed by atoms with Crippen LogP contribution in [-0.4, -0.2) is 19.8 Å². The van der Waals surface area contributed by atoms with Crippen LogP contribution in [0.25, 0.3) is 0 Å². The molecular formula is C19H23NO. The van der Waals surface area contributed by atoms with Crippen molar-refractivity contribution >= 4 is 0 Å². The quantitative estimate of drug-likeness (QED) is 0.902. The Balaban J connectivity index is 1.82. The summed E-state index contributed by atoms with van der Waals surface area (Å²) in [6.07, 6.45) is 1.17. The van der Waals surface area contributed by atoms with Gasteiger partial charge in [0.1, 0.15) is 0 Å². The molecule has 0 amide bonds. The highest BCUT2D eigenvalue weighted by atomic mass is 16.5. The topological polar surface area (TPSA) is 21.3 Å². The zero-order valence-corrected chi connectivity index (χ0v) is 12.6. The van der Waals surface area contributed by atoms with Gasteiger partial charge in [0.05, 0.1) is 12.6 Å². The van der Waals surface area contributed by atoms with Crippen LogP contribution < -0.4 is 5.32 Å². The lowest BCUT2D eigenvalue weighted by atomic mass is 9.94. The van der Waals surface area contributed by atoms with Gasteiger partial charge < -0.3 is 10.1 Å². The van der Waals surface area contributed by atoms with E-state index >= 15 is 0 Å². The van der Waals surface area contributed by atoms with Gasteiger partial charge in [-0.15, -0.1) is 0 Å². The summed E-state index contributed by atoms with van der Waals surface area (Å²) < 4.78 is 5.48. The Morgan fingerprint density at radius 2 is 1.86 bits per heavy atom. The molecule has 2 atom stereocenters. The first-order valence-electron chi connectivity index (χ1n) is 7.76. The number of benzene rings is 2. The van der Waals surface area contributed by atoms with Crippen molar-refractivity contribution in [3.05, 3.63) is 71.3 Å². The third-order valence-corrected chi connectivity index (χ3v) is 4.27. The molecule has 0 aromatic heterocycles. The van der Waals surface area contributed by atoms with Crippen LogP contribution in [0.4, 0.5) is 0 Å². The fraction of sp³-hybridized carbons (Fsp3) is 0.368. The molecule has 3 rings (SSSR count). The monoisotopic (exact) mass is 281 g/mol. The van der Waals surface area contributed by atoms with E-state index in [9.17, 15) is 0 Å². The van der Waals surface area contributed by atoms with Crippen LogP contribution in [0.2, 0.25) is 0 Å². The van der Waals surface area contributed by atoms with Crippen molar-refractivity contribution in [3.8, 4) is 0 Å². The van der Waals surface area contributed by atoms with Crippen LogP contribution in [0.15, 0.2) is 54.6 Å². The van der Waals surface area contributed by atoms with Gasteiger partial charge in [-0.1, -0.05) is 54.6 Å². The Kier molecular flexibility index (Phi) is 4.69. The van der Waals surface area contributed by atoms with E-state index in [4.69, 9.17) is 4.74 Å². The van der Waals surface area contributed by atoms with E-state index in [0.717, 1.165) is 19.8 Å². The maximum absolute atomic E-state index is 5.48. The normalized spacial score (nSPS) is 19.6. The van der Waals surface area contributed by atoms with Gasteiger partial charge in [-0.05, 0) is 36.0 Å². The predicted molar refractivity (Wildman–Crippen MR) is 86.4 cm³/mol. The molecule has 0 aliphatic carbocycles. The maximum Gasteiger partial charge on any atom is 0.0579 e. The van der Waals surface area contributed by atoms with Crippen molar-refractivity contribution in [3.63, 3.8) is 0 Å². The first-order chi connectivity index (χ1) is 10.3. The van der Waals surface area contributed by atoms with Crippen LogP contribution in [0.1, 0.15) is 29.2 Å². The second-order valence-electron chi connectivity index (χ2n) is 5.84. The molecule has 0 spiro atoms. The Morgan fingerprint density at radius 3 is 2.57 bits per heavy atom. The molecule has 1 aliphatic heterocycles.